The van der Waals surface area contributed by atoms with E-state index in [1.54, 1.807) is 0 Å². The number of nitrogens with one attached hydrogen (secondary N) is 1. The summed E-state index contributed by atoms with van der Waals surface area (Å²) in [4.78, 5) is 4.31. The molecule has 1 rings (SSSR count). The van der Waals surface area contributed by atoms with Gasteiger partial charge in [-0.2, -0.15) is 0 Å². The average Bonchev–Trinajstić information content (AvgIpc) is 2.30. The fraction of sp³-hybridized carbons (Fsp3) is 0.312. The Morgan fingerprint density at radius 2 is 1.89 bits per heavy atom. The lowest BCUT2D eigenvalue weighted by Gasteiger charge is -2.08. The Morgan fingerprint density at radius 3 is 2.44 bits per heavy atom. The molecule has 0 radical (unpaired) electrons. The van der Waals surface area contributed by atoms with Crippen LogP contribution < -0.4 is 5.32 Å². The summed E-state index contributed by atoms with van der Waals surface area (Å²) < 4.78 is 0. The van der Waals surface area contributed by atoms with Gasteiger partial charge in [-0.3, -0.25) is 4.99 Å². The summed E-state index contributed by atoms with van der Waals surface area (Å²) in [7, 11) is 0. The molecule has 0 saturated carbocycles. The van der Waals surface area contributed by atoms with Gasteiger partial charge in [-0.1, -0.05) is 11.6 Å². The first-order valence-corrected chi connectivity index (χ1v) is 6.21. The zero-order valence-corrected chi connectivity index (χ0v) is 11.9. The molecule has 0 aliphatic rings. The maximum atomic E-state index is 4.31. The lowest BCUT2D eigenvalue weighted by Crippen LogP contribution is -1.95. The maximum absolute atomic E-state index is 4.31. The van der Waals surface area contributed by atoms with Crippen molar-refractivity contribution in [2.75, 3.05) is 5.32 Å². The highest BCUT2D eigenvalue weighted by molar-refractivity contribution is 5.65. The Morgan fingerprint density at radius 1 is 1.17 bits per heavy atom. The zero-order chi connectivity index (χ0) is 13.5. The molecule has 0 amide bonds. The van der Waals surface area contributed by atoms with Gasteiger partial charge in [0.2, 0.25) is 0 Å². The van der Waals surface area contributed by atoms with E-state index < -0.39 is 0 Å². The second kappa shape index (κ2) is 6.80. The fourth-order valence-electron chi connectivity index (χ4n) is 1.58. The molecule has 2 nitrogen and oxygen atoms in total. The van der Waals surface area contributed by atoms with Crippen molar-refractivity contribution in [2.45, 2.75) is 34.6 Å². The Bertz CT molecular complexity index is 490. The highest BCUT2D eigenvalue weighted by Gasteiger charge is 1.98. The van der Waals surface area contributed by atoms with Crippen molar-refractivity contribution in [3.63, 3.8) is 0 Å². The number of hydrogen-bond acceptors (Lipinski definition) is 2. The van der Waals surface area contributed by atoms with Crippen LogP contribution in [0.25, 0.3) is 0 Å². The van der Waals surface area contributed by atoms with Crippen molar-refractivity contribution in [1.29, 1.82) is 0 Å². The lowest BCUT2D eigenvalue weighted by molar-refractivity contribution is 1.33. The molecular formula is C16H22N2. The van der Waals surface area contributed by atoms with E-state index in [9.17, 15) is 0 Å². The van der Waals surface area contributed by atoms with Gasteiger partial charge in [-0.05, 0) is 64.5 Å². The summed E-state index contributed by atoms with van der Waals surface area (Å²) in [5, 5.41) is 3.37. The van der Waals surface area contributed by atoms with Crippen LogP contribution in [0.4, 0.5) is 11.4 Å². The molecule has 0 spiro atoms. The molecule has 96 valence electrons. The summed E-state index contributed by atoms with van der Waals surface area (Å²) in [6.07, 6.45) is 6.00. The van der Waals surface area contributed by atoms with Crippen LogP contribution in [0.3, 0.4) is 0 Å². The lowest BCUT2D eigenvalue weighted by atomic mass is 10.1. The van der Waals surface area contributed by atoms with Gasteiger partial charge < -0.3 is 5.32 Å². The standard InChI is InChI=1S/C16H22N2/c1-6-17-16-10-9-15(11-13(16)4)18-14(5)8-7-12(2)3/h6-11,18H,1-5H3/b14-8+,17-6?. The molecule has 0 fully saturated rings. The van der Waals surface area contributed by atoms with Crippen LogP contribution in [0.15, 0.2) is 46.6 Å². The molecule has 1 aromatic carbocycles. The quantitative estimate of drug-likeness (QED) is 0.583. The Hall–Kier alpha value is -1.83. The molecule has 0 unspecified atom stereocenters. The van der Waals surface area contributed by atoms with Gasteiger partial charge in [0, 0.05) is 17.6 Å². The van der Waals surface area contributed by atoms with Gasteiger partial charge in [-0.25, -0.2) is 0 Å². The van der Waals surface area contributed by atoms with E-state index in [0.29, 0.717) is 0 Å². The van der Waals surface area contributed by atoms with Crippen molar-refractivity contribution < 1.29 is 0 Å². The van der Waals surface area contributed by atoms with Gasteiger partial charge in [0.15, 0.2) is 0 Å². The molecule has 2 heteroatoms. The van der Waals surface area contributed by atoms with Gasteiger partial charge >= 0.3 is 0 Å². The number of allylic oxidation sites excluding steroid dienone is 4. The molecule has 1 N–H and O–H groups in total. The third kappa shape index (κ3) is 4.58. The van der Waals surface area contributed by atoms with E-state index in [4.69, 9.17) is 0 Å². The summed E-state index contributed by atoms with van der Waals surface area (Å²) in [5.74, 6) is 0. The maximum Gasteiger partial charge on any atom is 0.0656 e. The first-order valence-electron chi connectivity index (χ1n) is 6.21. The van der Waals surface area contributed by atoms with Crippen molar-refractivity contribution in [3.8, 4) is 0 Å². The molecule has 0 bridgehead atoms. The molecule has 0 atom stereocenters. The minimum atomic E-state index is 1.02. The molecular weight excluding hydrogens is 220 g/mol. The summed E-state index contributed by atoms with van der Waals surface area (Å²) in [6, 6.07) is 6.20. The van der Waals surface area contributed by atoms with Crippen LogP contribution in [0.5, 0.6) is 0 Å². The van der Waals surface area contributed by atoms with E-state index in [2.05, 4.69) is 62.3 Å². The van der Waals surface area contributed by atoms with Gasteiger partial charge in [-0.15, -0.1) is 0 Å². The molecule has 0 saturated heterocycles. The molecule has 0 aromatic heterocycles. The number of hydrogen-bond donors (Lipinski definition) is 1. The second-order valence-electron chi connectivity index (χ2n) is 4.61. The Balaban J connectivity index is 2.83. The van der Waals surface area contributed by atoms with E-state index in [-0.39, 0.29) is 0 Å². The zero-order valence-electron chi connectivity index (χ0n) is 11.9. The van der Waals surface area contributed by atoms with E-state index in [0.717, 1.165) is 17.1 Å². The third-order valence-corrected chi connectivity index (χ3v) is 2.47. The molecule has 0 heterocycles. The van der Waals surface area contributed by atoms with Gasteiger partial charge in [0.05, 0.1) is 5.69 Å². The van der Waals surface area contributed by atoms with Gasteiger partial charge in [0.25, 0.3) is 0 Å². The van der Waals surface area contributed by atoms with Crippen LogP contribution in [0.1, 0.15) is 33.3 Å². The third-order valence-electron chi connectivity index (χ3n) is 2.47. The predicted octanol–water partition coefficient (Wildman–Crippen LogP) is 5.00. The number of rotatable bonds is 4. The van der Waals surface area contributed by atoms with Crippen LogP contribution >= 0.6 is 0 Å². The Labute approximate surface area is 110 Å². The number of aryl methyl sites for hydroxylation is 1. The molecule has 18 heavy (non-hydrogen) atoms. The highest BCUT2D eigenvalue weighted by Crippen LogP contribution is 2.22. The van der Waals surface area contributed by atoms with E-state index >= 15 is 0 Å². The largest absolute Gasteiger partial charge is 0.359 e. The minimum Gasteiger partial charge on any atom is -0.359 e. The number of nitrogens with zero attached hydrogens (tertiary/aromatic N) is 1. The highest BCUT2D eigenvalue weighted by atomic mass is 14.9. The SMILES string of the molecule is CC=Nc1ccc(N/C(C)=C/C=C(C)C)cc1C. The molecule has 1 aromatic rings. The first-order chi connectivity index (χ1) is 8.52. The first kappa shape index (κ1) is 14.2. The monoisotopic (exact) mass is 242 g/mol. The summed E-state index contributed by atoms with van der Waals surface area (Å²) in [5.41, 5.74) is 5.71. The minimum absolute atomic E-state index is 1.02. The second-order valence-corrected chi connectivity index (χ2v) is 4.61. The smallest absolute Gasteiger partial charge is 0.0656 e. The van der Waals surface area contributed by atoms with Crippen molar-refractivity contribution in [2.24, 2.45) is 4.99 Å². The van der Waals surface area contributed by atoms with Crippen molar-refractivity contribution in [1.82, 2.24) is 0 Å². The number of anilines is 1. The van der Waals surface area contributed by atoms with Gasteiger partial charge in [0.1, 0.15) is 0 Å². The Kier molecular flexibility index (Phi) is 5.37. The number of benzene rings is 1. The summed E-state index contributed by atoms with van der Waals surface area (Å²) >= 11 is 0. The van der Waals surface area contributed by atoms with Crippen molar-refractivity contribution >= 4 is 17.6 Å². The predicted molar refractivity (Wildman–Crippen MR) is 81.8 cm³/mol. The average molecular weight is 242 g/mol. The summed E-state index contributed by atoms with van der Waals surface area (Å²) in [6.45, 7) is 10.2. The topological polar surface area (TPSA) is 24.4 Å². The van der Waals surface area contributed by atoms with Crippen LogP contribution in [-0.4, -0.2) is 6.21 Å². The molecule has 0 aliphatic heterocycles. The fourth-order valence-corrected chi connectivity index (χ4v) is 1.58. The number of aliphatic imine (C=N–C) groups is 1. The van der Waals surface area contributed by atoms with Crippen LogP contribution in [-0.2, 0) is 0 Å². The van der Waals surface area contributed by atoms with Crippen LogP contribution in [0.2, 0.25) is 0 Å². The van der Waals surface area contributed by atoms with E-state index in [1.165, 1.54) is 11.1 Å². The van der Waals surface area contributed by atoms with Crippen LogP contribution in [0, 0.1) is 6.92 Å². The normalized spacial score (nSPS) is 11.7. The van der Waals surface area contributed by atoms with Crippen molar-refractivity contribution in [3.05, 3.63) is 47.2 Å². The van der Waals surface area contributed by atoms with E-state index in [1.807, 2.05) is 19.2 Å². The molecule has 0 aliphatic carbocycles.